The molecule has 3 aliphatic rings. The first-order valence-corrected chi connectivity index (χ1v) is 10.9. The van der Waals surface area contributed by atoms with Gasteiger partial charge in [-0.1, -0.05) is 28.1 Å². The van der Waals surface area contributed by atoms with Crippen LogP contribution in [0.25, 0.3) is 5.70 Å². The molecule has 1 saturated heterocycles. The van der Waals surface area contributed by atoms with Crippen LogP contribution < -0.4 is 16.0 Å². The number of halogens is 1. The fraction of sp³-hybridized carbons (Fsp3) is 0.364. The van der Waals surface area contributed by atoms with Gasteiger partial charge in [0.05, 0.1) is 5.70 Å². The molecule has 0 radical (unpaired) electrons. The second-order valence-corrected chi connectivity index (χ2v) is 8.90. The zero-order valence-electron chi connectivity index (χ0n) is 16.5. The van der Waals surface area contributed by atoms with Gasteiger partial charge in [-0.25, -0.2) is 9.98 Å². The highest BCUT2D eigenvalue weighted by molar-refractivity contribution is 9.10. The van der Waals surface area contributed by atoms with Crippen molar-refractivity contribution in [2.24, 2.45) is 10.7 Å². The first-order chi connectivity index (χ1) is 14.1. The molecule has 0 spiro atoms. The molecule has 1 aromatic heterocycles. The van der Waals surface area contributed by atoms with Crippen LogP contribution in [0.3, 0.4) is 0 Å². The molecule has 150 valence electrons. The SMILES string of the molecule is CN1CCN(c2ccc(C3N=C(N)NC4=C3CCc3ccc(Br)cc34)cn2)CC1. The Labute approximate surface area is 179 Å². The Morgan fingerprint density at radius 2 is 1.93 bits per heavy atom. The van der Waals surface area contributed by atoms with Gasteiger partial charge in [-0.05, 0) is 54.8 Å². The summed E-state index contributed by atoms with van der Waals surface area (Å²) in [4.78, 5) is 14.2. The van der Waals surface area contributed by atoms with Gasteiger partial charge in [0.15, 0.2) is 5.96 Å². The van der Waals surface area contributed by atoms with Crippen molar-refractivity contribution >= 4 is 33.4 Å². The van der Waals surface area contributed by atoms with Crippen molar-refractivity contribution in [2.45, 2.75) is 18.9 Å². The minimum Gasteiger partial charge on any atom is -0.370 e. The van der Waals surface area contributed by atoms with Crippen LogP contribution in [0.2, 0.25) is 0 Å². The van der Waals surface area contributed by atoms with Crippen LogP contribution in [0.4, 0.5) is 5.82 Å². The maximum absolute atomic E-state index is 6.18. The van der Waals surface area contributed by atoms with Crippen molar-refractivity contribution in [3.63, 3.8) is 0 Å². The summed E-state index contributed by atoms with van der Waals surface area (Å²) >= 11 is 3.60. The van der Waals surface area contributed by atoms with E-state index in [1.165, 1.54) is 16.7 Å². The van der Waals surface area contributed by atoms with E-state index in [1.807, 2.05) is 6.20 Å². The molecule has 0 bridgehead atoms. The number of pyridine rings is 1. The number of nitrogens with two attached hydrogens (primary N) is 1. The van der Waals surface area contributed by atoms with Crippen LogP contribution in [-0.2, 0) is 6.42 Å². The number of piperazine rings is 1. The number of benzene rings is 1. The molecule has 6 nitrogen and oxygen atoms in total. The monoisotopic (exact) mass is 452 g/mol. The second-order valence-electron chi connectivity index (χ2n) is 7.98. The van der Waals surface area contributed by atoms with Crippen LogP contribution in [0.1, 0.15) is 29.2 Å². The molecule has 5 rings (SSSR count). The van der Waals surface area contributed by atoms with E-state index in [9.17, 15) is 0 Å². The average Bonchev–Trinajstić information content (AvgIpc) is 2.74. The van der Waals surface area contributed by atoms with E-state index in [0.29, 0.717) is 5.96 Å². The highest BCUT2D eigenvalue weighted by Crippen LogP contribution is 2.41. The molecule has 1 atom stereocenters. The minimum absolute atomic E-state index is 0.0765. The van der Waals surface area contributed by atoms with E-state index in [0.717, 1.165) is 60.6 Å². The Balaban J connectivity index is 1.46. The highest BCUT2D eigenvalue weighted by atomic mass is 79.9. The van der Waals surface area contributed by atoms with Crippen LogP contribution >= 0.6 is 15.9 Å². The first kappa shape index (κ1) is 18.6. The normalized spacial score (nSPS) is 21.9. The number of aromatic nitrogens is 1. The molecule has 1 aliphatic carbocycles. The Morgan fingerprint density at radius 3 is 2.69 bits per heavy atom. The molecular weight excluding hydrogens is 428 g/mol. The van der Waals surface area contributed by atoms with E-state index in [2.05, 4.69) is 68.4 Å². The fourth-order valence-electron chi connectivity index (χ4n) is 4.42. The molecular formula is C22H25BrN6. The van der Waals surface area contributed by atoms with E-state index >= 15 is 0 Å². The number of aliphatic imine (C=N–C) groups is 1. The van der Waals surface area contributed by atoms with Crippen LogP contribution in [0, 0.1) is 0 Å². The van der Waals surface area contributed by atoms with Crippen LogP contribution in [0.15, 0.2) is 51.6 Å². The molecule has 3 N–H and O–H groups in total. The summed E-state index contributed by atoms with van der Waals surface area (Å²) in [5.41, 5.74) is 12.2. The summed E-state index contributed by atoms with van der Waals surface area (Å²) in [7, 11) is 2.17. The maximum Gasteiger partial charge on any atom is 0.194 e. The average molecular weight is 453 g/mol. The van der Waals surface area contributed by atoms with Gasteiger partial charge in [0.1, 0.15) is 11.9 Å². The van der Waals surface area contributed by atoms with Crippen LogP contribution in [-0.4, -0.2) is 49.1 Å². The lowest BCUT2D eigenvalue weighted by Crippen LogP contribution is -2.44. The third-order valence-corrected chi connectivity index (χ3v) is 6.58. The Morgan fingerprint density at radius 1 is 1.10 bits per heavy atom. The number of aryl methyl sites for hydroxylation is 1. The second kappa shape index (κ2) is 7.46. The first-order valence-electron chi connectivity index (χ1n) is 10.1. The lowest BCUT2D eigenvalue weighted by atomic mass is 9.83. The number of hydrogen-bond acceptors (Lipinski definition) is 6. The largest absolute Gasteiger partial charge is 0.370 e. The van der Waals surface area contributed by atoms with Gasteiger partial charge in [0, 0.05) is 42.4 Å². The Hall–Kier alpha value is -2.38. The number of anilines is 1. The van der Waals surface area contributed by atoms with E-state index in [1.54, 1.807) is 0 Å². The molecule has 1 unspecified atom stereocenters. The lowest BCUT2D eigenvalue weighted by molar-refractivity contribution is 0.312. The standard InChI is InChI=1S/C22H25BrN6/c1-28-8-10-29(11-9-28)19-7-4-15(13-25-19)20-17-6-3-14-2-5-16(23)12-18(14)21(17)27-22(24)26-20/h2,4-5,7,12-13,20H,3,6,8-11H2,1H3,(H3,24,26,27). The molecule has 2 aliphatic heterocycles. The highest BCUT2D eigenvalue weighted by Gasteiger charge is 2.30. The summed E-state index contributed by atoms with van der Waals surface area (Å²) in [6.07, 6.45) is 3.96. The Bertz CT molecular complexity index is 989. The van der Waals surface area contributed by atoms with Crippen molar-refractivity contribution in [1.29, 1.82) is 0 Å². The van der Waals surface area contributed by atoms with Crippen LogP contribution in [0.5, 0.6) is 0 Å². The zero-order chi connectivity index (χ0) is 20.0. The zero-order valence-corrected chi connectivity index (χ0v) is 18.1. The van der Waals surface area contributed by atoms with E-state index in [4.69, 9.17) is 15.7 Å². The summed E-state index contributed by atoms with van der Waals surface area (Å²) in [5, 5.41) is 3.32. The molecule has 7 heteroatoms. The number of hydrogen-bond donors (Lipinski definition) is 2. The summed E-state index contributed by atoms with van der Waals surface area (Å²) < 4.78 is 1.07. The molecule has 29 heavy (non-hydrogen) atoms. The summed E-state index contributed by atoms with van der Waals surface area (Å²) in [6.45, 7) is 4.18. The third-order valence-electron chi connectivity index (χ3n) is 6.09. The van der Waals surface area contributed by atoms with E-state index < -0.39 is 0 Å². The van der Waals surface area contributed by atoms with Gasteiger partial charge in [-0.3, -0.25) is 0 Å². The summed E-state index contributed by atoms with van der Waals surface area (Å²) in [6, 6.07) is 10.7. The molecule has 1 fully saturated rings. The summed E-state index contributed by atoms with van der Waals surface area (Å²) in [5.74, 6) is 1.50. The van der Waals surface area contributed by atoms with Crippen molar-refractivity contribution in [3.8, 4) is 0 Å². The number of rotatable bonds is 2. The molecule has 0 amide bonds. The van der Waals surface area contributed by atoms with Crippen molar-refractivity contribution < 1.29 is 0 Å². The molecule has 1 aromatic carbocycles. The predicted octanol–water partition coefficient (Wildman–Crippen LogP) is 2.91. The molecule has 2 aromatic rings. The van der Waals surface area contributed by atoms with Gasteiger partial charge in [-0.2, -0.15) is 0 Å². The number of nitrogens with zero attached hydrogens (tertiary/aromatic N) is 4. The predicted molar refractivity (Wildman–Crippen MR) is 121 cm³/mol. The fourth-order valence-corrected chi connectivity index (χ4v) is 4.78. The Kier molecular flexibility index (Phi) is 4.80. The van der Waals surface area contributed by atoms with Crippen molar-refractivity contribution in [2.75, 3.05) is 38.1 Å². The topological polar surface area (TPSA) is 69.8 Å². The number of guanidine groups is 1. The lowest BCUT2D eigenvalue weighted by Gasteiger charge is -2.34. The number of likely N-dealkylation sites (N-methyl/N-ethyl adjacent to an activating group) is 1. The van der Waals surface area contributed by atoms with Gasteiger partial charge in [-0.15, -0.1) is 0 Å². The van der Waals surface area contributed by atoms with Gasteiger partial charge < -0.3 is 20.9 Å². The van der Waals surface area contributed by atoms with E-state index in [-0.39, 0.29) is 6.04 Å². The van der Waals surface area contributed by atoms with Crippen molar-refractivity contribution in [1.82, 2.24) is 15.2 Å². The number of fused-ring (bicyclic) bond motifs is 2. The third kappa shape index (κ3) is 3.53. The van der Waals surface area contributed by atoms with Crippen molar-refractivity contribution in [3.05, 3.63) is 63.3 Å². The molecule has 3 heterocycles. The van der Waals surface area contributed by atoms with Gasteiger partial charge >= 0.3 is 0 Å². The smallest absolute Gasteiger partial charge is 0.194 e. The maximum atomic E-state index is 6.18. The quantitative estimate of drug-likeness (QED) is 0.732. The van der Waals surface area contributed by atoms with Gasteiger partial charge in [0.25, 0.3) is 0 Å². The molecule has 0 saturated carbocycles. The van der Waals surface area contributed by atoms with Gasteiger partial charge in [0.2, 0.25) is 0 Å². The minimum atomic E-state index is -0.0765. The number of nitrogens with one attached hydrogen (secondary N) is 1.